The third kappa shape index (κ3) is 6.25. The molecule has 0 spiro atoms. The van der Waals surface area contributed by atoms with Crippen molar-refractivity contribution in [2.75, 3.05) is 0 Å². The molecule has 12 aromatic rings. The molecule has 4 heteroatoms. The van der Waals surface area contributed by atoms with Crippen molar-refractivity contribution in [3.05, 3.63) is 219 Å². The molecule has 0 bridgehead atoms. The summed E-state index contributed by atoms with van der Waals surface area (Å²) >= 11 is 0. The molecule has 0 unspecified atom stereocenters. The predicted molar refractivity (Wildman–Crippen MR) is 255 cm³/mol. The Kier molecular flexibility index (Phi) is 8.46. The van der Waals surface area contributed by atoms with Crippen molar-refractivity contribution in [2.24, 2.45) is 0 Å². The van der Waals surface area contributed by atoms with Gasteiger partial charge in [0.05, 0.1) is 11.4 Å². The molecule has 62 heavy (non-hydrogen) atoms. The maximum atomic E-state index is 6.33. The molecule has 0 radical (unpaired) electrons. The van der Waals surface area contributed by atoms with E-state index in [-0.39, 0.29) is 0 Å². The third-order valence-electron chi connectivity index (χ3n) is 12.0. The van der Waals surface area contributed by atoms with Crippen molar-refractivity contribution in [3.8, 4) is 78.1 Å². The van der Waals surface area contributed by atoms with Crippen LogP contribution in [-0.2, 0) is 0 Å². The van der Waals surface area contributed by atoms with Crippen LogP contribution in [0.1, 0.15) is 0 Å². The Morgan fingerprint density at radius 1 is 0.258 bits per heavy atom. The number of fused-ring (bicyclic) bond motifs is 6. The van der Waals surface area contributed by atoms with Crippen molar-refractivity contribution < 1.29 is 8.83 Å². The first-order valence-electron chi connectivity index (χ1n) is 20.9. The summed E-state index contributed by atoms with van der Waals surface area (Å²) in [4.78, 5) is 9.55. The van der Waals surface area contributed by atoms with Gasteiger partial charge < -0.3 is 8.83 Å². The van der Waals surface area contributed by atoms with E-state index in [4.69, 9.17) is 18.8 Å². The average molecular weight is 793 g/mol. The second kappa shape index (κ2) is 14.7. The fourth-order valence-corrected chi connectivity index (χ4v) is 8.89. The predicted octanol–water partition coefficient (Wildman–Crippen LogP) is 15.9. The smallest absolute Gasteiger partial charge is 0.143 e. The molecule has 12 rings (SSSR count). The van der Waals surface area contributed by atoms with Crippen molar-refractivity contribution in [1.29, 1.82) is 0 Å². The van der Waals surface area contributed by atoms with E-state index < -0.39 is 0 Å². The molecule has 4 heterocycles. The van der Waals surface area contributed by atoms with Crippen molar-refractivity contribution in [1.82, 2.24) is 9.97 Å². The van der Waals surface area contributed by atoms with Crippen LogP contribution >= 0.6 is 0 Å². The number of hydrogen-bond acceptors (Lipinski definition) is 4. The lowest BCUT2D eigenvalue weighted by Gasteiger charge is -2.10. The summed E-state index contributed by atoms with van der Waals surface area (Å²) in [6.45, 7) is 0. The SMILES string of the molecule is c1cc(-c2ccc(-c3cccc4c3oc3ccccc34)cc2)cc(-c2ccnc(-c3cc(-c4cccc(-c5ccc(-c6cccc7c6oc6ccccc67)cc5)c4)ccn3)c2)c1. The first kappa shape index (κ1) is 35.6. The molecule has 8 aromatic carbocycles. The number of nitrogens with zero attached hydrogens (tertiary/aromatic N) is 2. The fraction of sp³-hybridized carbons (Fsp3) is 0. The van der Waals surface area contributed by atoms with Crippen LogP contribution in [0, 0.1) is 0 Å². The highest BCUT2D eigenvalue weighted by Gasteiger charge is 2.15. The number of furan rings is 2. The molecule has 0 N–H and O–H groups in total. The molecule has 4 nitrogen and oxygen atoms in total. The molecule has 0 amide bonds. The second-order valence-electron chi connectivity index (χ2n) is 15.7. The second-order valence-corrected chi connectivity index (χ2v) is 15.7. The van der Waals surface area contributed by atoms with E-state index in [1.165, 1.54) is 0 Å². The van der Waals surface area contributed by atoms with Crippen LogP contribution in [-0.4, -0.2) is 9.97 Å². The number of hydrogen-bond donors (Lipinski definition) is 0. The molecule has 0 fully saturated rings. The van der Waals surface area contributed by atoms with Gasteiger partial charge in [0, 0.05) is 45.1 Å². The van der Waals surface area contributed by atoms with E-state index in [1.54, 1.807) is 0 Å². The Morgan fingerprint density at radius 3 is 1.06 bits per heavy atom. The van der Waals surface area contributed by atoms with Crippen LogP contribution in [0.25, 0.3) is 122 Å². The van der Waals surface area contributed by atoms with Crippen LogP contribution in [0.3, 0.4) is 0 Å². The largest absolute Gasteiger partial charge is 0.455 e. The van der Waals surface area contributed by atoms with Crippen LogP contribution < -0.4 is 0 Å². The topological polar surface area (TPSA) is 52.1 Å². The molecule has 0 saturated carbocycles. The van der Waals surface area contributed by atoms with E-state index in [9.17, 15) is 0 Å². The van der Waals surface area contributed by atoms with Crippen LogP contribution in [0.5, 0.6) is 0 Å². The zero-order chi connectivity index (χ0) is 41.0. The molecule has 0 saturated heterocycles. The molecule has 290 valence electrons. The third-order valence-corrected chi connectivity index (χ3v) is 12.0. The summed E-state index contributed by atoms with van der Waals surface area (Å²) in [5.41, 5.74) is 18.7. The molecule has 0 aliphatic carbocycles. The highest BCUT2D eigenvalue weighted by Crippen LogP contribution is 2.39. The average Bonchev–Trinajstić information content (AvgIpc) is 3.93. The Hall–Kier alpha value is -8.34. The molecular formula is C58H36N2O2. The Balaban J connectivity index is 0.797. The number of rotatable bonds is 7. The minimum absolute atomic E-state index is 0.824. The summed E-state index contributed by atoms with van der Waals surface area (Å²) in [6.07, 6.45) is 3.75. The van der Waals surface area contributed by atoms with Gasteiger partial charge >= 0.3 is 0 Å². The van der Waals surface area contributed by atoms with Gasteiger partial charge in [0.1, 0.15) is 22.3 Å². The maximum Gasteiger partial charge on any atom is 0.143 e. The maximum absolute atomic E-state index is 6.33. The van der Waals surface area contributed by atoms with Crippen molar-refractivity contribution in [3.63, 3.8) is 0 Å². The van der Waals surface area contributed by atoms with Crippen molar-refractivity contribution >= 4 is 43.9 Å². The normalized spacial score (nSPS) is 11.5. The minimum Gasteiger partial charge on any atom is -0.455 e. The zero-order valence-corrected chi connectivity index (χ0v) is 33.5. The lowest BCUT2D eigenvalue weighted by atomic mass is 9.96. The van der Waals surface area contributed by atoms with Gasteiger partial charge in [-0.25, -0.2) is 0 Å². The molecule has 0 aliphatic rings. The molecular weight excluding hydrogens is 757 g/mol. The quantitative estimate of drug-likeness (QED) is 0.161. The Labute approximate surface area is 358 Å². The Bertz CT molecular complexity index is 3390. The number of aromatic nitrogens is 2. The van der Waals surface area contributed by atoms with Gasteiger partial charge in [0.15, 0.2) is 0 Å². The summed E-state index contributed by atoms with van der Waals surface area (Å²) in [5.74, 6) is 0. The zero-order valence-electron chi connectivity index (χ0n) is 33.5. The first-order valence-corrected chi connectivity index (χ1v) is 20.9. The Morgan fingerprint density at radius 2 is 0.613 bits per heavy atom. The van der Waals surface area contributed by atoms with E-state index in [2.05, 4.69) is 182 Å². The summed E-state index contributed by atoms with van der Waals surface area (Å²) in [5, 5.41) is 4.54. The van der Waals surface area contributed by atoms with Gasteiger partial charge in [-0.05, 0) is 104 Å². The van der Waals surface area contributed by atoms with Gasteiger partial charge in [-0.15, -0.1) is 0 Å². The lowest BCUT2D eigenvalue weighted by Crippen LogP contribution is -1.90. The van der Waals surface area contributed by atoms with Crippen LogP contribution in [0.2, 0.25) is 0 Å². The minimum atomic E-state index is 0.824. The van der Waals surface area contributed by atoms with Crippen LogP contribution in [0.4, 0.5) is 0 Å². The number of benzene rings is 8. The van der Waals surface area contributed by atoms with Gasteiger partial charge in [-0.2, -0.15) is 0 Å². The highest BCUT2D eigenvalue weighted by molar-refractivity contribution is 6.10. The summed E-state index contributed by atoms with van der Waals surface area (Å²) in [7, 11) is 0. The van der Waals surface area contributed by atoms with Gasteiger partial charge in [0.2, 0.25) is 0 Å². The van der Waals surface area contributed by atoms with E-state index in [1.807, 2.05) is 36.7 Å². The van der Waals surface area contributed by atoms with E-state index in [0.29, 0.717) is 0 Å². The monoisotopic (exact) mass is 792 g/mol. The first-order chi connectivity index (χ1) is 30.7. The van der Waals surface area contributed by atoms with E-state index in [0.717, 1.165) is 122 Å². The lowest BCUT2D eigenvalue weighted by molar-refractivity contribution is 0.669. The van der Waals surface area contributed by atoms with Crippen molar-refractivity contribution in [2.45, 2.75) is 0 Å². The van der Waals surface area contributed by atoms with Crippen LogP contribution in [0.15, 0.2) is 227 Å². The molecule has 0 atom stereocenters. The standard InChI is InChI=1S/C58H36N2O2/c1-3-19-55-49(13-1)51-17-7-15-47(57(51)61-55)39-25-21-37(22-26-39)41-9-5-11-43(33-41)45-29-31-59-53(35-45)54-36-46(30-32-60-54)44-12-6-10-42(34-44)38-23-27-40(28-24-38)48-16-8-18-52-50-14-2-4-20-56(50)62-58(48)52/h1-36H. The van der Waals surface area contributed by atoms with Gasteiger partial charge in [-0.1, -0.05) is 158 Å². The molecule has 4 aromatic heterocycles. The summed E-state index contributed by atoms with van der Waals surface area (Å²) < 4.78 is 12.7. The number of para-hydroxylation sites is 4. The number of pyridine rings is 2. The molecule has 0 aliphatic heterocycles. The van der Waals surface area contributed by atoms with Gasteiger partial charge in [-0.3, -0.25) is 9.97 Å². The van der Waals surface area contributed by atoms with Gasteiger partial charge in [0.25, 0.3) is 0 Å². The fourth-order valence-electron chi connectivity index (χ4n) is 8.89. The highest BCUT2D eigenvalue weighted by atomic mass is 16.3. The van der Waals surface area contributed by atoms with E-state index >= 15 is 0 Å². The summed E-state index contributed by atoms with van der Waals surface area (Å²) in [6, 6.07) is 72.5.